The highest BCUT2D eigenvalue weighted by Gasteiger charge is 2.12. The predicted octanol–water partition coefficient (Wildman–Crippen LogP) is 2.04. The number of hydrogen-bond donors (Lipinski definition) is 3. The van der Waals surface area contributed by atoms with Crippen LogP contribution in [0.1, 0.15) is 18.6 Å². The summed E-state index contributed by atoms with van der Waals surface area (Å²) in [6.45, 7) is 2.45. The molecule has 2 rings (SSSR count). The summed E-state index contributed by atoms with van der Waals surface area (Å²) >= 11 is 0. The first kappa shape index (κ1) is 15.9. The van der Waals surface area contributed by atoms with Crippen LogP contribution in [0, 0.1) is 11.6 Å². The van der Waals surface area contributed by atoms with Crippen LogP contribution >= 0.6 is 0 Å². The highest BCUT2D eigenvalue weighted by molar-refractivity contribution is 5.88. The maximum atomic E-state index is 13.1. The van der Waals surface area contributed by atoms with E-state index in [4.69, 9.17) is 0 Å². The maximum absolute atomic E-state index is 13.1. The fraction of sp³-hybridized carbons (Fsp3) is 0.286. The van der Waals surface area contributed by atoms with E-state index in [0.29, 0.717) is 12.2 Å². The zero-order chi connectivity index (χ0) is 16.1. The van der Waals surface area contributed by atoms with Gasteiger partial charge in [0.1, 0.15) is 0 Å². The second kappa shape index (κ2) is 6.99. The topological polar surface area (TPSA) is 79.2 Å². The molecule has 0 bridgehead atoms. The molecule has 0 aliphatic heterocycles. The molecule has 0 saturated heterocycles. The summed E-state index contributed by atoms with van der Waals surface area (Å²) < 4.78 is 27.5. The van der Waals surface area contributed by atoms with Gasteiger partial charge in [0.2, 0.25) is 0 Å². The Labute approximate surface area is 125 Å². The summed E-state index contributed by atoms with van der Waals surface area (Å²) in [5.74, 6) is -2.04. The van der Waals surface area contributed by atoms with Crippen molar-refractivity contribution in [3.63, 3.8) is 0 Å². The Morgan fingerprint density at radius 1 is 1.41 bits per heavy atom. The third-order valence-electron chi connectivity index (χ3n) is 3.00. The van der Waals surface area contributed by atoms with E-state index in [1.807, 2.05) is 6.92 Å². The van der Waals surface area contributed by atoms with Gasteiger partial charge in [-0.25, -0.2) is 13.6 Å². The van der Waals surface area contributed by atoms with Crippen molar-refractivity contribution < 1.29 is 18.7 Å². The van der Waals surface area contributed by atoms with Gasteiger partial charge in [-0.15, -0.1) is 0 Å². The number of aryl methyl sites for hydroxylation is 1. The Morgan fingerprint density at radius 2 is 2.18 bits per heavy atom. The molecular weight excluding hydrogens is 294 g/mol. The summed E-state index contributed by atoms with van der Waals surface area (Å²) in [7, 11) is 0. The van der Waals surface area contributed by atoms with Crippen molar-refractivity contribution in [3.8, 4) is 0 Å². The van der Waals surface area contributed by atoms with Crippen LogP contribution in [0.4, 0.5) is 19.3 Å². The number of aromatic nitrogens is 2. The van der Waals surface area contributed by atoms with Gasteiger partial charge in [0, 0.05) is 19.3 Å². The third-order valence-corrected chi connectivity index (χ3v) is 3.00. The lowest BCUT2D eigenvalue weighted by molar-refractivity contribution is 0.174. The van der Waals surface area contributed by atoms with Crippen molar-refractivity contribution >= 4 is 11.7 Å². The van der Waals surface area contributed by atoms with Crippen LogP contribution in [0.15, 0.2) is 30.6 Å². The normalized spacial score (nSPS) is 12.0. The summed E-state index contributed by atoms with van der Waals surface area (Å²) in [6.07, 6.45) is 2.01. The molecule has 1 aromatic carbocycles. The lowest BCUT2D eigenvalue weighted by atomic mass is 10.1. The summed E-state index contributed by atoms with van der Waals surface area (Å²) in [5.41, 5.74) is 0.694. The average Bonchev–Trinajstić information content (AvgIpc) is 2.95. The number of rotatable bonds is 5. The molecule has 0 aliphatic carbocycles. The zero-order valence-electron chi connectivity index (χ0n) is 11.9. The fourth-order valence-electron chi connectivity index (χ4n) is 1.80. The summed E-state index contributed by atoms with van der Waals surface area (Å²) in [5, 5.41) is 18.8. The monoisotopic (exact) mass is 310 g/mol. The molecule has 1 atom stereocenters. The van der Waals surface area contributed by atoms with Gasteiger partial charge in [0.25, 0.3) is 0 Å². The molecule has 22 heavy (non-hydrogen) atoms. The van der Waals surface area contributed by atoms with Gasteiger partial charge in [-0.2, -0.15) is 5.10 Å². The summed E-state index contributed by atoms with van der Waals surface area (Å²) in [4.78, 5) is 11.7. The van der Waals surface area contributed by atoms with Gasteiger partial charge in [0.05, 0.1) is 18.0 Å². The molecular formula is C14H16F2N4O2. The van der Waals surface area contributed by atoms with Crippen LogP contribution in [-0.4, -0.2) is 27.5 Å². The Kier molecular flexibility index (Phi) is 5.05. The molecule has 1 unspecified atom stereocenters. The van der Waals surface area contributed by atoms with E-state index in [2.05, 4.69) is 15.7 Å². The number of urea groups is 1. The highest BCUT2D eigenvalue weighted by Crippen LogP contribution is 2.15. The number of aliphatic hydroxyl groups is 1. The first-order valence-electron chi connectivity index (χ1n) is 6.70. The van der Waals surface area contributed by atoms with Crippen molar-refractivity contribution in [2.75, 3.05) is 11.9 Å². The smallest absolute Gasteiger partial charge is 0.319 e. The van der Waals surface area contributed by atoms with Gasteiger partial charge in [-0.1, -0.05) is 6.07 Å². The predicted molar refractivity (Wildman–Crippen MR) is 76.2 cm³/mol. The van der Waals surface area contributed by atoms with Gasteiger partial charge in [-0.3, -0.25) is 4.68 Å². The first-order chi connectivity index (χ1) is 10.5. The molecule has 2 aromatic rings. The third kappa shape index (κ3) is 4.01. The second-order valence-corrected chi connectivity index (χ2v) is 4.61. The molecule has 2 amide bonds. The van der Waals surface area contributed by atoms with E-state index < -0.39 is 23.8 Å². The van der Waals surface area contributed by atoms with Crippen LogP contribution in [0.25, 0.3) is 0 Å². The maximum Gasteiger partial charge on any atom is 0.319 e. The van der Waals surface area contributed by atoms with Crippen molar-refractivity contribution in [1.82, 2.24) is 15.1 Å². The molecule has 3 N–H and O–H groups in total. The van der Waals surface area contributed by atoms with E-state index >= 15 is 0 Å². The first-order valence-corrected chi connectivity index (χ1v) is 6.70. The standard InChI is InChI=1S/C14H16F2N4O2/c1-2-20-8-10(6-18-20)19-14(22)17-7-13(21)9-3-4-11(15)12(16)5-9/h3-6,8,13,21H,2,7H2,1H3,(H2,17,19,22). The molecule has 8 heteroatoms. The second-order valence-electron chi connectivity index (χ2n) is 4.61. The number of halogens is 2. The van der Waals surface area contributed by atoms with Crippen LogP contribution in [0.5, 0.6) is 0 Å². The van der Waals surface area contributed by atoms with Crippen molar-refractivity contribution in [2.45, 2.75) is 19.6 Å². The molecule has 1 aromatic heterocycles. The van der Waals surface area contributed by atoms with Gasteiger partial charge >= 0.3 is 6.03 Å². The van der Waals surface area contributed by atoms with E-state index in [9.17, 15) is 18.7 Å². The average molecular weight is 310 g/mol. The molecule has 0 aliphatic rings. The van der Waals surface area contributed by atoms with E-state index in [0.717, 1.165) is 12.1 Å². The Morgan fingerprint density at radius 3 is 2.82 bits per heavy atom. The van der Waals surface area contributed by atoms with Gasteiger partial charge in [-0.05, 0) is 24.6 Å². The van der Waals surface area contributed by atoms with Crippen molar-refractivity contribution in [2.24, 2.45) is 0 Å². The lowest BCUT2D eigenvalue weighted by Gasteiger charge is -2.12. The number of nitrogens with one attached hydrogen (secondary N) is 2. The molecule has 0 radical (unpaired) electrons. The van der Waals surface area contributed by atoms with E-state index in [-0.39, 0.29) is 12.1 Å². The molecule has 0 spiro atoms. The number of hydrogen-bond acceptors (Lipinski definition) is 3. The number of benzene rings is 1. The number of carbonyl (C=O) groups is 1. The minimum Gasteiger partial charge on any atom is -0.387 e. The molecule has 118 valence electrons. The minimum atomic E-state index is -1.14. The molecule has 0 fully saturated rings. The largest absolute Gasteiger partial charge is 0.387 e. The minimum absolute atomic E-state index is 0.140. The van der Waals surface area contributed by atoms with Gasteiger partial charge in [0.15, 0.2) is 11.6 Å². The number of anilines is 1. The van der Waals surface area contributed by atoms with E-state index in [1.54, 1.807) is 10.9 Å². The van der Waals surface area contributed by atoms with Crippen molar-refractivity contribution in [1.29, 1.82) is 0 Å². The molecule has 1 heterocycles. The van der Waals surface area contributed by atoms with Gasteiger partial charge < -0.3 is 15.7 Å². The van der Waals surface area contributed by atoms with Crippen LogP contribution in [-0.2, 0) is 6.54 Å². The lowest BCUT2D eigenvalue weighted by Crippen LogP contribution is -2.32. The molecule has 6 nitrogen and oxygen atoms in total. The Hall–Kier alpha value is -2.48. The SMILES string of the molecule is CCn1cc(NC(=O)NCC(O)c2ccc(F)c(F)c2)cn1. The van der Waals surface area contributed by atoms with E-state index in [1.165, 1.54) is 12.3 Å². The van der Waals surface area contributed by atoms with Crippen LogP contribution in [0.2, 0.25) is 0 Å². The number of carbonyl (C=O) groups excluding carboxylic acids is 1. The Balaban J connectivity index is 1.85. The van der Waals surface area contributed by atoms with Crippen LogP contribution in [0.3, 0.4) is 0 Å². The number of aliphatic hydroxyl groups excluding tert-OH is 1. The number of nitrogens with zero attached hydrogens (tertiary/aromatic N) is 2. The van der Waals surface area contributed by atoms with Crippen molar-refractivity contribution in [3.05, 3.63) is 47.8 Å². The Bertz CT molecular complexity index is 660. The summed E-state index contributed by atoms with van der Waals surface area (Å²) in [6, 6.07) is 2.55. The highest BCUT2D eigenvalue weighted by atomic mass is 19.2. The zero-order valence-corrected chi connectivity index (χ0v) is 11.9. The molecule has 0 saturated carbocycles. The quantitative estimate of drug-likeness (QED) is 0.790. The number of amides is 2. The van der Waals surface area contributed by atoms with Crippen LogP contribution < -0.4 is 10.6 Å². The fourth-order valence-corrected chi connectivity index (χ4v) is 1.80.